The summed E-state index contributed by atoms with van der Waals surface area (Å²) in [6.07, 6.45) is 3.15. The molecule has 5 heteroatoms. The zero-order valence-corrected chi connectivity index (χ0v) is 14.3. The van der Waals surface area contributed by atoms with Gasteiger partial charge in [-0.1, -0.05) is 26.0 Å². The maximum atomic E-state index is 12.7. The van der Waals surface area contributed by atoms with Crippen molar-refractivity contribution in [1.82, 2.24) is 15.2 Å². The Kier molecular flexibility index (Phi) is 4.06. The molecule has 0 saturated carbocycles. The highest BCUT2D eigenvalue weighted by atomic mass is 16.5. The maximum absolute atomic E-state index is 12.7. The number of H-pyrrole nitrogens is 1. The Hall–Kier alpha value is -1.85. The summed E-state index contributed by atoms with van der Waals surface area (Å²) in [5, 5.41) is 4.29. The van der Waals surface area contributed by atoms with Crippen LogP contribution in [0.3, 0.4) is 0 Å². The molecule has 1 aromatic heterocycles. The van der Waals surface area contributed by atoms with Crippen molar-refractivity contribution in [2.45, 2.75) is 38.5 Å². The number of morpholine rings is 1. The fourth-order valence-electron chi connectivity index (χ4n) is 3.94. The molecule has 2 fully saturated rings. The average Bonchev–Trinajstić information content (AvgIpc) is 3.19. The van der Waals surface area contributed by atoms with Crippen LogP contribution in [-0.4, -0.2) is 53.7 Å². The lowest BCUT2D eigenvalue weighted by molar-refractivity contribution is -0.0683. The molecule has 0 unspecified atom stereocenters. The molecule has 0 radical (unpaired) electrons. The maximum Gasteiger partial charge on any atom is 0.253 e. The molecule has 3 atom stereocenters. The number of benzene rings is 1. The zero-order valence-electron chi connectivity index (χ0n) is 14.3. The number of aromatic amines is 1. The van der Waals surface area contributed by atoms with Crippen LogP contribution in [0.2, 0.25) is 0 Å². The van der Waals surface area contributed by atoms with Crippen LogP contribution in [0.4, 0.5) is 0 Å². The van der Waals surface area contributed by atoms with Gasteiger partial charge >= 0.3 is 0 Å². The Morgan fingerprint density at radius 3 is 3.04 bits per heavy atom. The Morgan fingerprint density at radius 2 is 2.21 bits per heavy atom. The van der Waals surface area contributed by atoms with E-state index in [0.717, 1.165) is 42.6 Å². The lowest BCUT2D eigenvalue weighted by Crippen LogP contribution is -2.48. The Labute approximate surface area is 142 Å². The number of nitrogens with one attached hydrogen (secondary N) is 2. The van der Waals surface area contributed by atoms with Crippen LogP contribution < -0.4 is 5.32 Å². The van der Waals surface area contributed by atoms with E-state index < -0.39 is 0 Å². The topological polar surface area (TPSA) is 57.4 Å². The second-order valence-corrected chi connectivity index (χ2v) is 7.38. The quantitative estimate of drug-likeness (QED) is 0.910. The van der Waals surface area contributed by atoms with Crippen molar-refractivity contribution in [2.24, 2.45) is 5.92 Å². The summed E-state index contributed by atoms with van der Waals surface area (Å²) in [5.74, 6) is 0.541. The van der Waals surface area contributed by atoms with Crippen LogP contribution >= 0.6 is 0 Å². The third-order valence-electron chi connectivity index (χ3n) is 5.36. The van der Waals surface area contributed by atoms with Crippen molar-refractivity contribution < 1.29 is 9.53 Å². The molecule has 4 rings (SSSR count). The van der Waals surface area contributed by atoms with E-state index in [0.29, 0.717) is 18.1 Å². The Balaban J connectivity index is 1.43. The fourth-order valence-corrected chi connectivity index (χ4v) is 3.94. The molecule has 2 aliphatic rings. The van der Waals surface area contributed by atoms with Crippen molar-refractivity contribution in [3.8, 4) is 0 Å². The van der Waals surface area contributed by atoms with Crippen LogP contribution in [0, 0.1) is 5.92 Å². The van der Waals surface area contributed by atoms with Crippen LogP contribution in [0.15, 0.2) is 30.5 Å². The molecule has 2 aliphatic heterocycles. The van der Waals surface area contributed by atoms with Gasteiger partial charge in [-0.05, 0) is 24.5 Å². The molecule has 0 aliphatic carbocycles. The van der Waals surface area contributed by atoms with Crippen LogP contribution in [0.5, 0.6) is 0 Å². The van der Waals surface area contributed by atoms with Gasteiger partial charge in [-0.3, -0.25) is 9.69 Å². The predicted molar refractivity (Wildman–Crippen MR) is 94.1 cm³/mol. The minimum atomic E-state index is 0.00854. The first kappa shape index (κ1) is 15.7. The van der Waals surface area contributed by atoms with Gasteiger partial charge in [0.15, 0.2) is 0 Å². The van der Waals surface area contributed by atoms with Gasteiger partial charge in [0, 0.05) is 36.8 Å². The van der Waals surface area contributed by atoms with E-state index in [1.165, 1.54) is 0 Å². The van der Waals surface area contributed by atoms with E-state index >= 15 is 0 Å². The molecule has 2 aromatic rings. The number of fused-ring (bicyclic) bond motifs is 2. The molecule has 0 spiro atoms. The van der Waals surface area contributed by atoms with Gasteiger partial charge in [-0.15, -0.1) is 0 Å². The van der Waals surface area contributed by atoms with Gasteiger partial charge in [0.1, 0.15) is 0 Å². The number of ether oxygens (including phenoxy) is 1. The number of para-hydroxylation sites is 1. The summed E-state index contributed by atoms with van der Waals surface area (Å²) in [4.78, 5) is 18.4. The van der Waals surface area contributed by atoms with Crippen LogP contribution in [0.25, 0.3) is 10.9 Å². The molecule has 2 N–H and O–H groups in total. The monoisotopic (exact) mass is 327 g/mol. The Morgan fingerprint density at radius 1 is 1.33 bits per heavy atom. The SMILES string of the molecule is CC(C)[C@H]1CN2C[C@H](NC(=O)c3cccc4cc[nH]c34)C[C@H]2CO1. The first-order chi connectivity index (χ1) is 11.6. The van der Waals surface area contributed by atoms with Gasteiger partial charge in [0.2, 0.25) is 0 Å². The minimum absolute atomic E-state index is 0.00854. The average molecular weight is 327 g/mol. The van der Waals surface area contributed by atoms with E-state index in [1.807, 2.05) is 30.5 Å². The third kappa shape index (κ3) is 2.82. The zero-order chi connectivity index (χ0) is 16.7. The molecular weight excluding hydrogens is 302 g/mol. The summed E-state index contributed by atoms with van der Waals surface area (Å²) in [7, 11) is 0. The Bertz CT molecular complexity index is 739. The number of aromatic nitrogens is 1. The van der Waals surface area contributed by atoms with E-state index in [-0.39, 0.29) is 11.9 Å². The highest BCUT2D eigenvalue weighted by Gasteiger charge is 2.38. The second kappa shape index (κ2) is 6.22. The predicted octanol–water partition coefficient (Wildman–Crippen LogP) is 2.40. The number of carbonyl (C=O) groups is 1. The molecule has 5 nitrogen and oxygen atoms in total. The van der Waals surface area contributed by atoms with Gasteiger partial charge in [0.05, 0.1) is 23.8 Å². The van der Waals surface area contributed by atoms with E-state index in [2.05, 4.69) is 29.0 Å². The molecule has 3 heterocycles. The first-order valence-corrected chi connectivity index (χ1v) is 8.84. The van der Waals surface area contributed by atoms with E-state index in [9.17, 15) is 4.79 Å². The largest absolute Gasteiger partial charge is 0.375 e. The van der Waals surface area contributed by atoms with Gasteiger partial charge in [-0.25, -0.2) is 0 Å². The lowest BCUT2D eigenvalue weighted by Gasteiger charge is -2.36. The van der Waals surface area contributed by atoms with Crippen molar-refractivity contribution >= 4 is 16.8 Å². The lowest BCUT2D eigenvalue weighted by atomic mass is 10.0. The van der Waals surface area contributed by atoms with E-state index in [4.69, 9.17) is 4.74 Å². The molecule has 0 bridgehead atoms. The number of amides is 1. The number of carbonyl (C=O) groups excluding carboxylic acids is 1. The summed E-state index contributed by atoms with van der Waals surface area (Å²) >= 11 is 0. The molecule has 128 valence electrons. The summed E-state index contributed by atoms with van der Waals surface area (Å²) in [5.41, 5.74) is 1.63. The number of nitrogens with zero attached hydrogens (tertiary/aromatic N) is 1. The summed E-state index contributed by atoms with van der Waals surface area (Å²) in [6.45, 7) is 7.08. The molecular formula is C19H25N3O2. The fraction of sp³-hybridized carbons (Fsp3) is 0.526. The number of rotatable bonds is 3. The van der Waals surface area contributed by atoms with Crippen molar-refractivity contribution in [3.05, 3.63) is 36.0 Å². The highest BCUT2D eigenvalue weighted by molar-refractivity contribution is 6.05. The smallest absolute Gasteiger partial charge is 0.253 e. The molecule has 1 amide bonds. The minimum Gasteiger partial charge on any atom is -0.375 e. The van der Waals surface area contributed by atoms with Gasteiger partial charge in [-0.2, -0.15) is 0 Å². The van der Waals surface area contributed by atoms with Gasteiger partial charge < -0.3 is 15.0 Å². The second-order valence-electron chi connectivity index (χ2n) is 7.38. The molecule has 24 heavy (non-hydrogen) atoms. The normalized spacial score (nSPS) is 27.5. The van der Waals surface area contributed by atoms with Crippen LogP contribution in [0.1, 0.15) is 30.6 Å². The highest BCUT2D eigenvalue weighted by Crippen LogP contribution is 2.26. The first-order valence-electron chi connectivity index (χ1n) is 8.84. The van der Waals surface area contributed by atoms with Crippen molar-refractivity contribution in [2.75, 3.05) is 19.7 Å². The number of hydrogen-bond donors (Lipinski definition) is 2. The third-order valence-corrected chi connectivity index (χ3v) is 5.36. The van der Waals surface area contributed by atoms with Crippen molar-refractivity contribution in [3.63, 3.8) is 0 Å². The van der Waals surface area contributed by atoms with E-state index in [1.54, 1.807) is 0 Å². The van der Waals surface area contributed by atoms with Crippen LogP contribution in [-0.2, 0) is 4.74 Å². The summed E-state index contributed by atoms with van der Waals surface area (Å²) in [6, 6.07) is 8.46. The molecule has 2 saturated heterocycles. The van der Waals surface area contributed by atoms with Gasteiger partial charge in [0.25, 0.3) is 5.91 Å². The summed E-state index contributed by atoms with van der Waals surface area (Å²) < 4.78 is 5.98. The standard InChI is InChI=1S/C19H25N3O2/c1-12(2)17-10-22-9-14(8-15(22)11-24-17)21-19(23)16-5-3-4-13-6-7-20-18(13)16/h3-7,12,14-15,17,20H,8-11H2,1-2H3,(H,21,23)/t14-,15+,17-/m1/s1. The molecule has 1 aromatic carbocycles. The van der Waals surface area contributed by atoms with Crippen molar-refractivity contribution in [1.29, 1.82) is 0 Å². The number of hydrogen-bond acceptors (Lipinski definition) is 3.